The molecule has 1 aromatic carbocycles. The number of methoxy groups -OCH3 is 2. The van der Waals surface area contributed by atoms with Crippen molar-refractivity contribution in [2.75, 3.05) is 27.4 Å². The van der Waals surface area contributed by atoms with Crippen molar-refractivity contribution in [3.05, 3.63) is 19.7 Å². The number of nitrogens with zero attached hydrogens (tertiary/aromatic N) is 1. The van der Waals surface area contributed by atoms with Gasteiger partial charge in [-0.1, -0.05) is 113 Å². The Bertz CT molecular complexity index is 1230. The molecule has 8 nitrogen and oxygen atoms in total. The lowest BCUT2D eigenvalue weighted by atomic mass is 10.0. The van der Waals surface area contributed by atoms with Crippen LogP contribution in [0.25, 0.3) is 0 Å². The highest BCUT2D eigenvalue weighted by molar-refractivity contribution is 8.26. The molecule has 12 heteroatoms. The molecule has 0 fully saturated rings. The Morgan fingerprint density at radius 3 is 1.51 bits per heavy atom. The molecule has 2 aliphatic heterocycles. The summed E-state index contributed by atoms with van der Waals surface area (Å²) in [6, 6.07) is 2.03. The molecule has 2 N–H and O–H groups in total. The van der Waals surface area contributed by atoms with Crippen LogP contribution in [0.3, 0.4) is 0 Å². The molecule has 0 saturated carbocycles. The zero-order valence-corrected chi connectivity index (χ0v) is 29.1. The molecule has 0 amide bonds. The van der Waals surface area contributed by atoms with Crippen LogP contribution >= 0.6 is 47.0 Å². The van der Waals surface area contributed by atoms with Crippen LogP contribution in [0.15, 0.2) is 39.3 Å². The molecule has 0 radical (unpaired) electrons. The van der Waals surface area contributed by atoms with Gasteiger partial charge in [0.1, 0.15) is 23.3 Å². The molecule has 2 aliphatic rings. The summed E-state index contributed by atoms with van der Waals surface area (Å²) in [5, 5.41) is 9.85. The third-order valence-corrected chi connectivity index (χ3v) is 12.6. The molecular formula is C31H42N2O6S4. The van der Waals surface area contributed by atoms with Gasteiger partial charge in [0.25, 0.3) is 0 Å². The van der Waals surface area contributed by atoms with Crippen LogP contribution in [0, 0.1) is 23.2 Å². The van der Waals surface area contributed by atoms with Gasteiger partial charge in [0.05, 0.1) is 55.5 Å². The molecule has 2 unspecified atom stereocenters. The SMILES string of the molecule is CCCCC(CC)COc1c2c(c(OCC(CC)CCCC)c3c1SC(=C(C#N)C(=O)OC)S3)SC(=C(N)C(=O)OC)S2. The van der Waals surface area contributed by atoms with Crippen LogP contribution in [-0.2, 0) is 19.1 Å². The number of rotatable bonds is 16. The largest absolute Gasteiger partial charge is 0.491 e. The second-order valence-corrected chi connectivity index (χ2v) is 14.9. The Morgan fingerprint density at radius 1 is 0.744 bits per heavy atom. The van der Waals surface area contributed by atoms with E-state index in [1.807, 2.05) is 6.07 Å². The van der Waals surface area contributed by atoms with Gasteiger partial charge < -0.3 is 24.7 Å². The summed E-state index contributed by atoms with van der Waals surface area (Å²) >= 11 is 5.38. The molecule has 0 aromatic heterocycles. The van der Waals surface area contributed by atoms with Crippen molar-refractivity contribution in [3.8, 4) is 17.6 Å². The summed E-state index contributed by atoms with van der Waals surface area (Å²) in [5.41, 5.74) is 6.22. The second-order valence-electron chi connectivity index (χ2n) is 10.3. The molecule has 3 rings (SSSR count). The number of thioether (sulfide) groups is 4. The fourth-order valence-corrected chi connectivity index (χ4v) is 9.85. The lowest BCUT2D eigenvalue weighted by Crippen LogP contribution is -2.14. The summed E-state index contributed by atoms with van der Waals surface area (Å²) < 4.78 is 24.2. The normalized spacial score (nSPS) is 14.8. The van der Waals surface area contributed by atoms with Crippen molar-refractivity contribution >= 4 is 59.0 Å². The van der Waals surface area contributed by atoms with E-state index in [2.05, 4.69) is 27.7 Å². The maximum Gasteiger partial charge on any atom is 0.355 e. The number of carbonyl (C=O) groups is 2. The van der Waals surface area contributed by atoms with Crippen LogP contribution in [-0.4, -0.2) is 39.4 Å². The van der Waals surface area contributed by atoms with Gasteiger partial charge in [-0.2, -0.15) is 5.26 Å². The van der Waals surface area contributed by atoms with Gasteiger partial charge in [-0.25, -0.2) is 9.59 Å². The Labute approximate surface area is 272 Å². The van der Waals surface area contributed by atoms with Crippen molar-refractivity contribution in [2.45, 2.75) is 98.6 Å². The zero-order valence-electron chi connectivity index (χ0n) is 25.8. The molecule has 236 valence electrons. The molecule has 0 aliphatic carbocycles. The van der Waals surface area contributed by atoms with Crippen LogP contribution in [0.2, 0.25) is 0 Å². The van der Waals surface area contributed by atoms with E-state index in [1.165, 1.54) is 61.3 Å². The molecule has 1 aromatic rings. The summed E-state index contributed by atoms with van der Waals surface area (Å²) in [5.74, 6) is 0.787. The number of nitriles is 1. The standard InChI is InChI=1S/C31H42N2O6S4/c1-7-11-13-18(9-3)16-38-22-24-25(41-30(40-24)20(15-32)28(34)36-5)23(39-17-19(10-4)14-12-8-2)27-26(22)42-31(43-27)21(33)29(35)37-6/h18-19H,7-14,16-17,33H2,1-6H3. The minimum Gasteiger partial charge on any atom is -0.491 e. The van der Waals surface area contributed by atoms with E-state index in [-0.39, 0.29) is 11.3 Å². The number of esters is 2. The van der Waals surface area contributed by atoms with Crippen molar-refractivity contribution < 1.29 is 28.5 Å². The Balaban J connectivity index is 2.18. The summed E-state index contributed by atoms with van der Waals surface area (Å²) in [4.78, 5) is 28.1. The molecule has 0 bridgehead atoms. The van der Waals surface area contributed by atoms with Gasteiger partial charge in [0.2, 0.25) is 0 Å². The maximum absolute atomic E-state index is 12.5. The lowest BCUT2D eigenvalue weighted by molar-refractivity contribution is -0.136. The highest BCUT2D eigenvalue weighted by Gasteiger charge is 2.39. The number of hydrogen-bond acceptors (Lipinski definition) is 12. The summed E-state index contributed by atoms with van der Waals surface area (Å²) in [7, 11) is 2.58. The quantitative estimate of drug-likeness (QED) is 0.103. The second kappa shape index (κ2) is 17.4. The minimum atomic E-state index is -0.682. The zero-order chi connectivity index (χ0) is 31.5. The van der Waals surface area contributed by atoms with E-state index in [9.17, 15) is 14.9 Å². The molecular weight excluding hydrogens is 625 g/mol. The Morgan fingerprint density at radius 2 is 1.16 bits per heavy atom. The Kier molecular flexibility index (Phi) is 14.3. The molecule has 0 spiro atoms. The van der Waals surface area contributed by atoms with Gasteiger partial charge in [-0.3, -0.25) is 0 Å². The number of fused-ring (bicyclic) bond motifs is 2. The smallest absolute Gasteiger partial charge is 0.355 e. The minimum absolute atomic E-state index is 0.0351. The molecule has 2 atom stereocenters. The first-order chi connectivity index (χ1) is 20.8. The van der Waals surface area contributed by atoms with E-state index in [0.29, 0.717) is 45.0 Å². The number of nitrogens with two attached hydrogens (primary N) is 1. The topological polar surface area (TPSA) is 121 Å². The summed E-state index contributed by atoms with van der Waals surface area (Å²) in [6.45, 7) is 9.74. The van der Waals surface area contributed by atoms with Crippen molar-refractivity contribution in [3.63, 3.8) is 0 Å². The van der Waals surface area contributed by atoms with Crippen molar-refractivity contribution in [1.29, 1.82) is 5.26 Å². The van der Waals surface area contributed by atoms with Crippen LogP contribution in [0.4, 0.5) is 0 Å². The summed E-state index contributed by atoms with van der Waals surface area (Å²) in [6.07, 6.45) is 8.56. The predicted octanol–water partition coefficient (Wildman–Crippen LogP) is 8.48. The first-order valence-corrected chi connectivity index (χ1v) is 18.1. The lowest BCUT2D eigenvalue weighted by Gasteiger charge is -2.22. The van der Waals surface area contributed by atoms with Crippen LogP contribution in [0.1, 0.15) is 79.1 Å². The predicted molar refractivity (Wildman–Crippen MR) is 175 cm³/mol. The molecule has 2 heterocycles. The van der Waals surface area contributed by atoms with E-state index in [4.69, 9.17) is 24.7 Å². The van der Waals surface area contributed by atoms with Gasteiger partial charge in [0, 0.05) is 0 Å². The number of unbranched alkanes of at least 4 members (excludes halogenated alkanes) is 2. The molecule has 43 heavy (non-hydrogen) atoms. The highest BCUT2D eigenvalue weighted by Crippen LogP contribution is 2.68. The van der Waals surface area contributed by atoms with Crippen molar-refractivity contribution in [2.24, 2.45) is 17.6 Å². The Hall–Kier alpha value is -2.07. The number of carbonyl (C=O) groups excluding carboxylic acids is 2. The first kappa shape index (κ1) is 35.4. The van der Waals surface area contributed by atoms with Crippen molar-refractivity contribution in [1.82, 2.24) is 0 Å². The fourth-order valence-electron chi connectivity index (χ4n) is 4.54. The first-order valence-electron chi connectivity index (χ1n) is 14.8. The van der Waals surface area contributed by atoms with Crippen LogP contribution in [0.5, 0.6) is 11.5 Å². The van der Waals surface area contributed by atoms with E-state index >= 15 is 0 Å². The number of hydrogen-bond donors (Lipinski definition) is 1. The van der Waals surface area contributed by atoms with Gasteiger partial charge >= 0.3 is 11.9 Å². The maximum atomic E-state index is 12.5. The monoisotopic (exact) mass is 666 g/mol. The molecule has 0 saturated heterocycles. The van der Waals surface area contributed by atoms with Crippen LogP contribution < -0.4 is 15.2 Å². The number of benzene rings is 1. The average Bonchev–Trinajstić information content (AvgIpc) is 3.66. The van der Waals surface area contributed by atoms with Gasteiger partial charge in [-0.15, -0.1) is 0 Å². The van der Waals surface area contributed by atoms with E-state index in [1.54, 1.807) is 0 Å². The van der Waals surface area contributed by atoms with E-state index < -0.39 is 11.9 Å². The van der Waals surface area contributed by atoms with Gasteiger partial charge in [-0.05, 0) is 24.7 Å². The third-order valence-electron chi connectivity index (χ3n) is 7.36. The fraction of sp³-hybridized carbons (Fsp3) is 0.581. The third kappa shape index (κ3) is 8.56. The number of ether oxygens (including phenoxy) is 4. The van der Waals surface area contributed by atoms with E-state index in [0.717, 1.165) is 70.9 Å². The highest BCUT2D eigenvalue weighted by atomic mass is 32.2. The average molecular weight is 667 g/mol. The van der Waals surface area contributed by atoms with Gasteiger partial charge in [0.15, 0.2) is 5.57 Å².